The Morgan fingerprint density at radius 3 is 1.95 bits per heavy atom. The third-order valence-corrected chi connectivity index (χ3v) is 2.48. The minimum Gasteiger partial charge on any atom is -0.478 e. The highest BCUT2D eigenvalue weighted by molar-refractivity contribution is 6.02. The van der Waals surface area contributed by atoms with E-state index in [1.807, 2.05) is 0 Å². The van der Waals surface area contributed by atoms with E-state index in [0.29, 0.717) is 13.0 Å². The molecule has 0 aliphatic rings. The molecule has 0 saturated heterocycles. The van der Waals surface area contributed by atoms with Gasteiger partial charge < -0.3 is 14.9 Å². The SMILES string of the molecule is CCCC(=O)CC(C(=O)O)=C(CCOCC)C(=O)O. The maximum atomic E-state index is 11.5. The van der Waals surface area contributed by atoms with Crippen LogP contribution in [0.2, 0.25) is 0 Å². The molecule has 0 aromatic carbocycles. The van der Waals surface area contributed by atoms with Gasteiger partial charge in [0.05, 0.1) is 17.8 Å². The van der Waals surface area contributed by atoms with Crippen LogP contribution in [-0.2, 0) is 19.1 Å². The molecule has 0 spiro atoms. The largest absolute Gasteiger partial charge is 0.478 e. The Hall–Kier alpha value is -1.69. The maximum absolute atomic E-state index is 11.5. The molecule has 108 valence electrons. The Morgan fingerprint density at radius 1 is 0.947 bits per heavy atom. The molecule has 0 fully saturated rings. The van der Waals surface area contributed by atoms with Gasteiger partial charge in [0.2, 0.25) is 0 Å². The van der Waals surface area contributed by atoms with Crippen LogP contribution in [0.25, 0.3) is 0 Å². The predicted molar refractivity (Wildman–Crippen MR) is 67.9 cm³/mol. The third-order valence-electron chi connectivity index (χ3n) is 2.48. The summed E-state index contributed by atoms with van der Waals surface area (Å²) in [5.41, 5.74) is -0.601. The van der Waals surface area contributed by atoms with Crippen molar-refractivity contribution < 1.29 is 29.3 Å². The van der Waals surface area contributed by atoms with E-state index in [0.717, 1.165) is 0 Å². The van der Waals surface area contributed by atoms with E-state index in [2.05, 4.69) is 0 Å². The second-order valence-electron chi connectivity index (χ2n) is 3.98. The first kappa shape index (κ1) is 17.3. The van der Waals surface area contributed by atoms with Gasteiger partial charge in [-0.15, -0.1) is 0 Å². The van der Waals surface area contributed by atoms with Crippen LogP contribution < -0.4 is 0 Å². The molecule has 0 unspecified atom stereocenters. The van der Waals surface area contributed by atoms with Gasteiger partial charge in [0, 0.05) is 25.9 Å². The quantitative estimate of drug-likeness (QED) is 0.463. The van der Waals surface area contributed by atoms with Crippen LogP contribution in [0.15, 0.2) is 11.1 Å². The normalized spacial score (nSPS) is 11.9. The number of carboxylic acids is 2. The lowest BCUT2D eigenvalue weighted by molar-refractivity contribution is -0.136. The van der Waals surface area contributed by atoms with Gasteiger partial charge in [0.1, 0.15) is 5.78 Å². The van der Waals surface area contributed by atoms with E-state index in [1.165, 1.54) is 0 Å². The number of rotatable bonds is 10. The highest BCUT2D eigenvalue weighted by Gasteiger charge is 2.22. The molecule has 0 aromatic heterocycles. The van der Waals surface area contributed by atoms with Crippen LogP contribution in [0.4, 0.5) is 0 Å². The summed E-state index contributed by atoms with van der Waals surface area (Å²) in [5.74, 6) is -2.95. The van der Waals surface area contributed by atoms with E-state index in [-0.39, 0.29) is 42.8 Å². The molecule has 2 N–H and O–H groups in total. The van der Waals surface area contributed by atoms with E-state index in [9.17, 15) is 14.4 Å². The number of hydrogen-bond acceptors (Lipinski definition) is 4. The third kappa shape index (κ3) is 6.71. The summed E-state index contributed by atoms with van der Waals surface area (Å²) in [6, 6.07) is 0. The molecule has 0 atom stereocenters. The van der Waals surface area contributed by atoms with Crippen molar-refractivity contribution in [3.63, 3.8) is 0 Å². The molecule has 0 saturated carbocycles. The van der Waals surface area contributed by atoms with Crippen LogP contribution in [0, 0.1) is 0 Å². The molecular formula is C13H20O6. The van der Waals surface area contributed by atoms with Crippen LogP contribution in [0.3, 0.4) is 0 Å². The number of carbonyl (C=O) groups excluding carboxylic acids is 1. The molecule has 0 bridgehead atoms. The van der Waals surface area contributed by atoms with E-state index in [4.69, 9.17) is 14.9 Å². The fraction of sp³-hybridized carbons (Fsp3) is 0.615. The second-order valence-corrected chi connectivity index (χ2v) is 3.98. The first-order valence-electron chi connectivity index (χ1n) is 6.22. The Labute approximate surface area is 112 Å². The van der Waals surface area contributed by atoms with Crippen molar-refractivity contribution in [2.75, 3.05) is 13.2 Å². The van der Waals surface area contributed by atoms with Crippen molar-refractivity contribution >= 4 is 17.7 Å². The number of hydrogen-bond donors (Lipinski definition) is 2. The smallest absolute Gasteiger partial charge is 0.332 e. The Balaban J connectivity index is 5.08. The number of Topliss-reactive ketones (excluding diaryl/α,β-unsaturated/α-hetero) is 1. The van der Waals surface area contributed by atoms with Gasteiger partial charge in [-0.2, -0.15) is 0 Å². The molecule has 0 amide bonds. The van der Waals surface area contributed by atoms with Crippen LogP contribution in [-0.4, -0.2) is 41.1 Å². The minimum atomic E-state index is -1.36. The zero-order chi connectivity index (χ0) is 14.8. The Bertz CT molecular complexity index is 369. The van der Waals surface area contributed by atoms with E-state index >= 15 is 0 Å². The van der Waals surface area contributed by atoms with Gasteiger partial charge in [-0.3, -0.25) is 4.79 Å². The first-order chi connectivity index (χ1) is 8.93. The van der Waals surface area contributed by atoms with Crippen molar-refractivity contribution in [3.8, 4) is 0 Å². The molecule has 0 heterocycles. The topological polar surface area (TPSA) is 101 Å². The number of carboxylic acid groups (broad SMARTS) is 2. The molecule has 6 nitrogen and oxygen atoms in total. The predicted octanol–water partition coefficient (Wildman–Crippen LogP) is 1.64. The summed E-state index contributed by atoms with van der Waals surface area (Å²) in [6.07, 6.45) is 0.476. The molecule has 6 heteroatoms. The lowest BCUT2D eigenvalue weighted by Crippen LogP contribution is -2.16. The maximum Gasteiger partial charge on any atom is 0.332 e. The average Bonchev–Trinajstić information content (AvgIpc) is 2.32. The van der Waals surface area contributed by atoms with E-state index in [1.54, 1.807) is 13.8 Å². The highest BCUT2D eigenvalue weighted by Crippen LogP contribution is 2.16. The summed E-state index contributed by atoms with van der Waals surface area (Å²) >= 11 is 0. The standard InChI is InChI=1S/C13H20O6/c1-3-5-9(14)8-11(13(17)18)10(12(15)16)6-7-19-4-2/h3-8H2,1-2H3,(H,15,16)(H,17,18). The van der Waals surface area contributed by atoms with Gasteiger partial charge in [-0.1, -0.05) is 6.92 Å². The summed E-state index contributed by atoms with van der Waals surface area (Å²) in [6.45, 7) is 4.10. The van der Waals surface area contributed by atoms with Gasteiger partial charge in [-0.25, -0.2) is 9.59 Å². The summed E-state index contributed by atoms with van der Waals surface area (Å²) < 4.78 is 5.02. The molecule has 0 rings (SSSR count). The highest BCUT2D eigenvalue weighted by atomic mass is 16.5. The molecule has 0 radical (unpaired) electrons. The Morgan fingerprint density at radius 2 is 1.53 bits per heavy atom. The molecule has 0 aliphatic heterocycles. The Kier molecular flexibility index (Phi) is 8.44. The average molecular weight is 272 g/mol. The number of ketones is 1. The van der Waals surface area contributed by atoms with Crippen LogP contribution >= 0.6 is 0 Å². The van der Waals surface area contributed by atoms with Crippen molar-refractivity contribution in [1.29, 1.82) is 0 Å². The summed E-state index contributed by atoms with van der Waals surface area (Å²) in [7, 11) is 0. The summed E-state index contributed by atoms with van der Waals surface area (Å²) in [4.78, 5) is 33.7. The number of carbonyl (C=O) groups is 3. The number of aliphatic carboxylic acids is 2. The van der Waals surface area contributed by atoms with Crippen LogP contribution in [0.5, 0.6) is 0 Å². The fourth-order valence-electron chi connectivity index (χ4n) is 1.58. The molecule has 19 heavy (non-hydrogen) atoms. The van der Waals surface area contributed by atoms with Crippen molar-refractivity contribution in [3.05, 3.63) is 11.1 Å². The van der Waals surface area contributed by atoms with Crippen molar-refractivity contribution in [2.24, 2.45) is 0 Å². The first-order valence-corrected chi connectivity index (χ1v) is 6.22. The monoisotopic (exact) mass is 272 g/mol. The van der Waals surface area contributed by atoms with Crippen molar-refractivity contribution in [2.45, 2.75) is 39.5 Å². The van der Waals surface area contributed by atoms with E-state index < -0.39 is 11.9 Å². The van der Waals surface area contributed by atoms with Crippen molar-refractivity contribution in [1.82, 2.24) is 0 Å². The van der Waals surface area contributed by atoms with Gasteiger partial charge in [0.15, 0.2) is 0 Å². The van der Waals surface area contributed by atoms with Gasteiger partial charge >= 0.3 is 11.9 Å². The lowest BCUT2D eigenvalue weighted by atomic mass is 9.99. The zero-order valence-electron chi connectivity index (χ0n) is 11.3. The van der Waals surface area contributed by atoms with Gasteiger partial charge in [0.25, 0.3) is 0 Å². The zero-order valence-corrected chi connectivity index (χ0v) is 11.3. The molecule has 0 aliphatic carbocycles. The molecule has 0 aromatic rings. The fourth-order valence-corrected chi connectivity index (χ4v) is 1.58. The minimum absolute atomic E-state index is 0.0236. The summed E-state index contributed by atoms with van der Waals surface area (Å²) in [5, 5.41) is 18.1. The molecular weight excluding hydrogens is 252 g/mol. The lowest BCUT2D eigenvalue weighted by Gasteiger charge is -2.08. The number of ether oxygens (including phenoxy) is 1. The van der Waals surface area contributed by atoms with Gasteiger partial charge in [-0.05, 0) is 13.3 Å². The van der Waals surface area contributed by atoms with Crippen LogP contribution in [0.1, 0.15) is 39.5 Å². The second kappa shape index (κ2) is 9.27.